The highest BCUT2D eigenvalue weighted by molar-refractivity contribution is 5.99. The van der Waals surface area contributed by atoms with Crippen molar-refractivity contribution in [1.82, 2.24) is 5.16 Å². The number of hydrogen-bond donors (Lipinski definition) is 1. The zero-order chi connectivity index (χ0) is 16.9. The Morgan fingerprint density at radius 3 is 2.67 bits per heavy atom. The molecule has 0 bridgehead atoms. The van der Waals surface area contributed by atoms with Gasteiger partial charge in [0.05, 0.1) is 0 Å². The van der Waals surface area contributed by atoms with E-state index in [1.54, 1.807) is 0 Å². The highest BCUT2D eigenvalue weighted by Gasteiger charge is 2.26. The van der Waals surface area contributed by atoms with Gasteiger partial charge in [-0.2, -0.15) is 0 Å². The number of benzene rings is 1. The van der Waals surface area contributed by atoms with Gasteiger partial charge < -0.3 is 19.3 Å². The molecule has 1 aromatic heterocycles. The third-order valence-electron chi connectivity index (χ3n) is 4.50. The first-order valence-corrected chi connectivity index (χ1v) is 8.24. The number of carboxylic acids is 1. The van der Waals surface area contributed by atoms with Crippen LogP contribution in [-0.2, 0) is 4.74 Å². The lowest BCUT2D eigenvalue weighted by atomic mass is 9.96. The van der Waals surface area contributed by atoms with E-state index in [1.165, 1.54) is 0 Å². The van der Waals surface area contributed by atoms with Crippen LogP contribution in [0.2, 0.25) is 0 Å². The predicted molar refractivity (Wildman–Crippen MR) is 90.3 cm³/mol. The van der Waals surface area contributed by atoms with Crippen molar-refractivity contribution in [2.75, 3.05) is 31.7 Å². The van der Waals surface area contributed by atoms with Crippen molar-refractivity contribution < 1.29 is 19.2 Å². The highest BCUT2D eigenvalue weighted by Crippen LogP contribution is 2.31. The molecule has 1 aliphatic rings. The van der Waals surface area contributed by atoms with Gasteiger partial charge in [0, 0.05) is 32.4 Å². The second-order valence-corrected chi connectivity index (χ2v) is 6.15. The summed E-state index contributed by atoms with van der Waals surface area (Å²) in [6.07, 6.45) is 3.12. The van der Waals surface area contributed by atoms with Gasteiger partial charge in [0.15, 0.2) is 17.1 Å². The molecule has 1 N–H and O–H groups in total. The van der Waals surface area contributed by atoms with Crippen LogP contribution in [0.3, 0.4) is 0 Å². The summed E-state index contributed by atoms with van der Waals surface area (Å²) in [4.78, 5) is 13.6. The molecule has 3 rings (SSSR count). The molecule has 0 spiro atoms. The lowest BCUT2D eigenvalue weighted by Crippen LogP contribution is -2.25. The SMILES string of the molecule is CN(CCC1CCOCC1)c1noc(-c2ccccc2)c1C(=O)O. The Morgan fingerprint density at radius 2 is 2.00 bits per heavy atom. The van der Waals surface area contributed by atoms with E-state index in [9.17, 15) is 9.90 Å². The molecular formula is C18H22N2O4. The summed E-state index contributed by atoms with van der Waals surface area (Å²) in [6.45, 7) is 2.37. The fraction of sp³-hybridized carbons (Fsp3) is 0.444. The fourth-order valence-electron chi connectivity index (χ4n) is 3.04. The van der Waals surface area contributed by atoms with Gasteiger partial charge in [-0.1, -0.05) is 35.5 Å². The molecule has 6 nitrogen and oxygen atoms in total. The van der Waals surface area contributed by atoms with E-state index in [0.717, 1.165) is 39.0 Å². The van der Waals surface area contributed by atoms with Crippen LogP contribution in [0, 0.1) is 5.92 Å². The normalized spacial score (nSPS) is 15.4. The Hall–Kier alpha value is -2.34. The summed E-state index contributed by atoms with van der Waals surface area (Å²) in [5.74, 6) is 0.280. The molecule has 0 amide bonds. The minimum Gasteiger partial charge on any atom is -0.477 e. The van der Waals surface area contributed by atoms with Gasteiger partial charge in [-0.15, -0.1) is 0 Å². The van der Waals surface area contributed by atoms with Crippen molar-refractivity contribution in [2.24, 2.45) is 5.92 Å². The van der Waals surface area contributed by atoms with Gasteiger partial charge in [-0.3, -0.25) is 0 Å². The minimum atomic E-state index is -1.02. The zero-order valence-corrected chi connectivity index (χ0v) is 13.8. The van der Waals surface area contributed by atoms with Gasteiger partial charge >= 0.3 is 5.97 Å². The quantitative estimate of drug-likeness (QED) is 0.876. The Balaban J connectivity index is 1.77. The number of ether oxygens (including phenoxy) is 1. The molecule has 0 atom stereocenters. The molecule has 1 aromatic carbocycles. The van der Waals surface area contributed by atoms with Crippen molar-refractivity contribution in [1.29, 1.82) is 0 Å². The maximum Gasteiger partial charge on any atom is 0.343 e. The number of nitrogens with zero attached hydrogens (tertiary/aromatic N) is 2. The van der Waals surface area contributed by atoms with Crippen LogP contribution in [-0.4, -0.2) is 43.0 Å². The van der Waals surface area contributed by atoms with Gasteiger partial charge in [0.2, 0.25) is 0 Å². The molecule has 24 heavy (non-hydrogen) atoms. The largest absolute Gasteiger partial charge is 0.477 e. The van der Waals surface area contributed by atoms with Crippen LogP contribution >= 0.6 is 0 Å². The summed E-state index contributed by atoms with van der Waals surface area (Å²) < 4.78 is 10.7. The third-order valence-corrected chi connectivity index (χ3v) is 4.50. The average Bonchev–Trinajstić information content (AvgIpc) is 3.07. The monoisotopic (exact) mass is 330 g/mol. The van der Waals surface area contributed by atoms with E-state index in [1.807, 2.05) is 42.3 Å². The third kappa shape index (κ3) is 3.59. The number of carboxylic acid groups (broad SMARTS) is 1. The predicted octanol–water partition coefficient (Wildman–Crippen LogP) is 3.29. The van der Waals surface area contributed by atoms with E-state index < -0.39 is 5.97 Å². The van der Waals surface area contributed by atoms with Gasteiger partial charge in [0.25, 0.3) is 0 Å². The van der Waals surface area contributed by atoms with E-state index in [4.69, 9.17) is 9.26 Å². The van der Waals surface area contributed by atoms with E-state index in [-0.39, 0.29) is 5.56 Å². The summed E-state index contributed by atoms with van der Waals surface area (Å²) in [5, 5.41) is 13.6. The van der Waals surface area contributed by atoms with Crippen LogP contribution in [0.4, 0.5) is 5.82 Å². The van der Waals surface area contributed by atoms with Crippen LogP contribution < -0.4 is 4.90 Å². The van der Waals surface area contributed by atoms with E-state index in [2.05, 4.69) is 5.16 Å². The highest BCUT2D eigenvalue weighted by atomic mass is 16.5. The summed E-state index contributed by atoms with van der Waals surface area (Å²) in [7, 11) is 1.86. The summed E-state index contributed by atoms with van der Waals surface area (Å²) in [6, 6.07) is 9.20. The smallest absolute Gasteiger partial charge is 0.343 e. The molecule has 1 fully saturated rings. The van der Waals surface area contributed by atoms with E-state index >= 15 is 0 Å². The molecule has 1 saturated heterocycles. The number of hydrogen-bond acceptors (Lipinski definition) is 5. The number of anilines is 1. The first kappa shape index (κ1) is 16.5. The first-order chi connectivity index (χ1) is 11.7. The molecule has 0 radical (unpaired) electrons. The molecule has 128 valence electrons. The average molecular weight is 330 g/mol. The van der Waals surface area contributed by atoms with Crippen molar-refractivity contribution in [3.63, 3.8) is 0 Å². The lowest BCUT2D eigenvalue weighted by Gasteiger charge is -2.24. The van der Waals surface area contributed by atoms with Crippen molar-refractivity contribution in [2.45, 2.75) is 19.3 Å². The molecule has 1 aliphatic heterocycles. The van der Waals surface area contributed by atoms with Crippen LogP contribution in [0.5, 0.6) is 0 Å². The molecular weight excluding hydrogens is 308 g/mol. The summed E-state index contributed by atoms with van der Waals surface area (Å²) >= 11 is 0. The number of aromatic nitrogens is 1. The standard InChI is InChI=1S/C18H22N2O4/c1-20(10-7-13-8-11-23-12-9-13)17-15(18(21)22)16(24-19-17)14-5-3-2-4-6-14/h2-6,13H,7-12H2,1H3,(H,21,22). The van der Waals surface area contributed by atoms with E-state index in [0.29, 0.717) is 23.1 Å². The Labute approximate surface area is 141 Å². The Morgan fingerprint density at radius 1 is 1.29 bits per heavy atom. The van der Waals surface area contributed by atoms with Crippen molar-refractivity contribution in [3.8, 4) is 11.3 Å². The second kappa shape index (κ2) is 7.49. The van der Waals surface area contributed by atoms with Crippen molar-refractivity contribution >= 4 is 11.8 Å². The minimum absolute atomic E-state index is 0.121. The summed E-state index contributed by atoms with van der Waals surface area (Å²) in [5.41, 5.74) is 0.835. The Bertz CT molecular complexity index is 678. The molecule has 2 heterocycles. The molecule has 2 aromatic rings. The number of aromatic carboxylic acids is 1. The van der Waals surface area contributed by atoms with Crippen LogP contribution in [0.1, 0.15) is 29.6 Å². The topological polar surface area (TPSA) is 75.8 Å². The molecule has 0 saturated carbocycles. The molecule has 6 heteroatoms. The maximum absolute atomic E-state index is 11.7. The number of rotatable bonds is 6. The van der Waals surface area contributed by atoms with Gasteiger partial charge in [-0.05, 0) is 25.2 Å². The number of carbonyl (C=O) groups is 1. The van der Waals surface area contributed by atoms with Gasteiger partial charge in [0.1, 0.15) is 0 Å². The second-order valence-electron chi connectivity index (χ2n) is 6.15. The van der Waals surface area contributed by atoms with Gasteiger partial charge in [-0.25, -0.2) is 4.79 Å². The fourth-order valence-corrected chi connectivity index (χ4v) is 3.04. The zero-order valence-electron chi connectivity index (χ0n) is 13.8. The molecule has 0 aliphatic carbocycles. The van der Waals surface area contributed by atoms with Crippen LogP contribution in [0.25, 0.3) is 11.3 Å². The van der Waals surface area contributed by atoms with Crippen molar-refractivity contribution in [3.05, 3.63) is 35.9 Å². The van der Waals surface area contributed by atoms with Crippen LogP contribution in [0.15, 0.2) is 34.9 Å². The first-order valence-electron chi connectivity index (χ1n) is 8.24. The molecule has 0 unspecified atom stereocenters. The lowest BCUT2D eigenvalue weighted by molar-refractivity contribution is 0.0645. The Kier molecular flexibility index (Phi) is 5.15. The maximum atomic E-state index is 11.7.